The van der Waals surface area contributed by atoms with Crippen LogP contribution in [0.3, 0.4) is 0 Å². The second kappa shape index (κ2) is 9.90. The van der Waals surface area contributed by atoms with Crippen LogP contribution in [0.2, 0.25) is 0 Å². The normalized spacial score (nSPS) is 11.4. The highest BCUT2D eigenvalue weighted by molar-refractivity contribution is 7.80. The number of aryl methyl sites for hydroxylation is 1. The minimum atomic E-state index is 0.482. The van der Waals surface area contributed by atoms with Gasteiger partial charge in [-0.15, -0.1) is 0 Å². The van der Waals surface area contributed by atoms with E-state index in [0.717, 1.165) is 18.5 Å². The molecule has 0 spiro atoms. The predicted octanol–water partition coefficient (Wildman–Crippen LogP) is 4.96. The van der Waals surface area contributed by atoms with Crippen molar-refractivity contribution in [3.63, 3.8) is 0 Å². The van der Waals surface area contributed by atoms with Crippen LogP contribution in [0.15, 0.2) is 52.7 Å². The maximum Gasteiger partial charge on any atom is 0.191 e. The number of anilines is 1. The summed E-state index contributed by atoms with van der Waals surface area (Å²) in [5, 5.41) is 7.66. The van der Waals surface area contributed by atoms with Crippen molar-refractivity contribution in [2.24, 2.45) is 5.10 Å². The van der Waals surface area contributed by atoms with Crippen LogP contribution in [0, 0.1) is 6.92 Å². The van der Waals surface area contributed by atoms with Crippen molar-refractivity contribution in [2.45, 2.75) is 40.5 Å². The third kappa shape index (κ3) is 8.37. The maximum atomic E-state index is 5.18. The number of nitrogens with zero attached hydrogens (tertiary/aromatic N) is 1. The van der Waals surface area contributed by atoms with Crippen molar-refractivity contribution < 1.29 is 0 Å². The highest BCUT2D eigenvalue weighted by Crippen LogP contribution is 2.08. The number of hydrazone groups is 1. The van der Waals surface area contributed by atoms with Crippen molar-refractivity contribution in [2.75, 3.05) is 5.32 Å². The summed E-state index contributed by atoms with van der Waals surface area (Å²) in [6.45, 7) is 8.39. The Balaban J connectivity index is 2.33. The van der Waals surface area contributed by atoms with Gasteiger partial charge in [0.15, 0.2) is 5.11 Å². The van der Waals surface area contributed by atoms with E-state index in [2.05, 4.69) is 49.6 Å². The van der Waals surface area contributed by atoms with Gasteiger partial charge < -0.3 is 5.32 Å². The Bertz CT molecular complexity index is 564. The minimum absolute atomic E-state index is 0.482. The number of hydrogen-bond donors (Lipinski definition) is 2. The number of allylic oxidation sites excluding steroid dienone is 4. The van der Waals surface area contributed by atoms with Gasteiger partial charge >= 0.3 is 0 Å². The van der Waals surface area contributed by atoms with Crippen molar-refractivity contribution in [1.29, 1.82) is 0 Å². The zero-order chi connectivity index (χ0) is 16.4. The Labute approximate surface area is 139 Å². The largest absolute Gasteiger partial charge is 0.331 e. The van der Waals surface area contributed by atoms with Gasteiger partial charge in [-0.25, -0.2) is 0 Å². The van der Waals surface area contributed by atoms with E-state index in [-0.39, 0.29) is 0 Å². The molecule has 0 aromatic heterocycles. The van der Waals surface area contributed by atoms with Gasteiger partial charge in [0.1, 0.15) is 0 Å². The Morgan fingerprint density at radius 3 is 2.50 bits per heavy atom. The molecule has 118 valence electrons. The van der Waals surface area contributed by atoms with Gasteiger partial charge in [0.05, 0.1) is 0 Å². The van der Waals surface area contributed by atoms with E-state index in [1.807, 2.05) is 30.3 Å². The van der Waals surface area contributed by atoms with E-state index < -0.39 is 0 Å². The lowest BCUT2D eigenvalue weighted by molar-refractivity contribution is 0.968. The fourth-order valence-electron chi connectivity index (χ4n) is 1.73. The van der Waals surface area contributed by atoms with Crippen LogP contribution in [-0.4, -0.2) is 11.3 Å². The van der Waals surface area contributed by atoms with E-state index in [1.54, 1.807) is 6.21 Å². The molecule has 1 aromatic carbocycles. The molecular formula is C18H25N3S. The molecule has 1 rings (SSSR count). The quantitative estimate of drug-likeness (QED) is 0.337. The average Bonchev–Trinajstić information content (AvgIpc) is 2.46. The molecule has 0 aliphatic carbocycles. The highest BCUT2D eigenvalue weighted by Gasteiger charge is 1.94. The lowest BCUT2D eigenvalue weighted by Gasteiger charge is -2.06. The molecule has 0 aliphatic rings. The fraction of sp³-hybridized carbons (Fsp3) is 0.333. The first-order valence-corrected chi connectivity index (χ1v) is 7.84. The van der Waals surface area contributed by atoms with Crippen LogP contribution in [0.5, 0.6) is 0 Å². The molecule has 22 heavy (non-hydrogen) atoms. The summed E-state index contributed by atoms with van der Waals surface area (Å²) in [6, 6.07) is 8.04. The van der Waals surface area contributed by atoms with Crippen LogP contribution in [0.1, 0.15) is 39.2 Å². The molecule has 0 aliphatic heterocycles. The Morgan fingerprint density at radius 2 is 1.86 bits per heavy atom. The number of nitrogens with one attached hydrogen (secondary N) is 2. The third-order valence-electron chi connectivity index (χ3n) is 3.00. The SMILES string of the molecule is CC(C)=CCC/C(C)=C\C=N/NC(=S)Nc1ccc(C)cc1. The maximum absolute atomic E-state index is 5.18. The molecule has 1 aromatic rings. The van der Waals surface area contributed by atoms with Gasteiger partial charge in [-0.1, -0.05) is 34.9 Å². The molecule has 0 amide bonds. The molecule has 0 fully saturated rings. The molecule has 0 saturated heterocycles. The van der Waals surface area contributed by atoms with Crippen LogP contribution < -0.4 is 10.7 Å². The van der Waals surface area contributed by atoms with E-state index in [4.69, 9.17) is 12.2 Å². The second-order valence-corrected chi connectivity index (χ2v) is 5.95. The monoisotopic (exact) mass is 315 g/mol. The third-order valence-corrected chi connectivity index (χ3v) is 3.19. The molecule has 0 atom stereocenters. The summed E-state index contributed by atoms with van der Waals surface area (Å²) < 4.78 is 0. The standard InChI is InChI=1S/C18H25N3S/c1-14(2)6-5-7-15(3)12-13-19-21-18(22)20-17-10-8-16(4)9-11-17/h6,8-13H,5,7H2,1-4H3,(H2,20,21,22)/b15-12-,19-13-. The van der Waals surface area contributed by atoms with Crippen molar-refractivity contribution in [1.82, 2.24) is 5.43 Å². The minimum Gasteiger partial charge on any atom is -0.331 e. The van der Waals surface area contributed by atoms with E-state index >= 15 is 0 Å². The predicted molar refractivity (Wildman–Crippen MR) is 101 cm³/mol. The van der Waals surface area contributed by atoms with Crippen LogP contribution in [0.4, 0.5) is 5.69 Å². The van der Waals surface area contributed by atoms with Crippen LogP contribution in [-0.2, 0) is 0 Å². The number of hydrogen-bond acceptors (Lipinski definition) is 2. The molecule has 0 radical (unpaired) electrons. The van der Waals surface area contributed by atoms with Gasteiger partial charge in [-0.2, -0.15) is 5.10 Å². The molecule has 0 unspecified atom stereocenters. The molecule has 0 bridgehead atoms. The summed E-state index contributed by atoms with van der Waals surface area (Å²) in [4.78, 5) is 0. The topological polar surface area (TPSA) is 36.4 Å². The Hall–Kier alpha value is -1.94. The molecule has 2 N–H and O–H groups in total. The average molecular weight is 315 g/mol. The molecule has 4 heteroatoms. The second-order valence-electron chi connectivity index (χ2n) is 5.54. The van der Waals surface area contributed by atoms with Crippen molar-refractivity contribution in [3.05, 3.63) is 53.1 Å². The van der Waals surface area contributed by atoms with Gasteiger partial charge in [0, 0.05) is 11.9 Å². The summed E-state index contributed by atoms with van der Waals surface area (Å²) in [5.41, 5.74) is 7.63. The summed E-state index contributed by atoms with van der Waals surface area (Å²) in [6.07, 6.45) is 8.09. The molecule has 3 nitrogen and oxygen atoms in total. The lowest BCUT2D eigenvalue weighted by Crippen LogP contribution is -2.23. The Kier molecular flexibility index (Phi) is 8.15. The lowest BCUT2D eigenvalue weighted by atomic mass is 10.1. The summed E-state index contributed by atoms with van der Waals surface area (Å²) in [5.74, 6) is 0. The molecule has 0 heterocycles. The first-order chi connectivity index (χ1) is 10.5. The smallest absolute Gasteiger partial charge is 0.191 e. The molecular weight excluding hydrogens is 290 g/mol. The number of benzene rings is 1. The van der Waals surface area contributed by atoms with Crippen molar-refractivity contribution >= 4 is 29.2 Å². The van der Waals surface area contributed by atoms with Crippen molar-refractivity contribution in [3.8, 4) is 0 Å². The van der Waals surface area contributed by atoms with Gasteiger partial charge in [0.2, 0.25) is 0 Å². The molecule has 0 saturated carbocycles. The van der Waals surface area contributed by atoms with Gasteiger partial charge in [-0.3, -0.25) is 5.43 Å². The first-order valence-electron chi connectivity index (χ1n) is 7.43. The first kappa shape index (κ1) is 18.1. The van der Waals surface area contributed by atoms with Gasteiger partial charge in [-0.05, 0) is 71.0 Å². The van der Waals surface area contributed by atoms with Crippen LogP contribution >= 0.6 is 12.2 Å². The van der Waals surface area contributed by atoms with E-state index in [9.17, 15) is 0 Å². The summed E-state index contributed by atoms with van der Waals surface area (Å²) in [7, 11) is 0. The van der Waals surface area contributed by atoms with E-state index in [1.165, 1.54) is 16.7 Å². The highest BCUT2D eigenvalue weighted by atomic mass is 32.1. The number of rotatable bonds is 6. The summed E-state index contributed by atoms with van der Waals surface area (Å²) >= 11 is 5.18. The van der Waals surface area contributed by atoms with E-state index in [0.29, 0.717) is 5.11 Å². The zero-order valence-electron chi connectivity index (χ0n) is 13.8. The van der Waals surface area contributed by atoms with Gasteiger partial charge in [0.25, 0.3) is 0 Å². The Morgan fingerprint density at radius 1 is 1.18 bits per heavy atom. The fourth-order valence-corrected chi connectivity index (χ4v) is 1.90. The zero-order valence-corrected chi connectivity index (χ0v) is 14.6. The number of thiocarbonyl (C=S) groups is 1. The van der Waals surface area contributed by atoms with Crippen LogP contribution in [0.25, 0.3) is 0 Å².